The van der Waals surface area contributed by atoms with Crippen molar-refractivity contribution in [2.75, 3.05) is 18.2 Å². The summed E-state index contributed by atoms with van der Waals surface area (Å²) in [7, 11) is 1.59. The van der Waals surface area contributed by atoms with Crippen LogP contribution in [0.15, 0.2) is 41.6 Å². The second-order valence-corrected chi connectivity index (χ2v) is 6.70. The molecular formula is C18H19Cl2N3O2S. The van der Waals surface area contributed by atoms with Crippen LogP contribution in [0.3, 0.4) is 0 Å². The monoisotopic (exact) mass is 411 g/mol. The van der Waals surface area contributed by atoms with E-state index in [0.717, 1.165) is 11.3 Å². The van der Waals surface area contributed by atoms with Crippen LogP contribution in [0.5, 0.6) is 5.75 Å². The van der Waals surface area contributed by atoms with Gasteiger partial charge < -0.3 is 15.0 Å². The molecule has 1 heterocycles. The molecule has 2 aromatic carbocycles. The van der Waals surface area contributed by atoms with Gasteiger partial charge in [0.15, 0.2) is 5.16 Å². The molecule has 26 heavy (non-hydrogen) atoms. The summed E-state index contributed by atoms with van der Waals surface area (Å²) in [4.78, 5) is 19.5. The van der Waals surface area contributed by atoms with Crippen molar-refractivity contribution in [3.63, 3.8) is 0 Å². The number of nitrogens with one attached hydrogen (secondary N) is 2. The molecule has 0 aliphatic carbocycles. The molecular weight excluding hydrogens is 393 g/mol. The number of methoxy groups -OCH3 is 1. The standard InChI is InChI=1S/C16H13Cl2N3O2S.C2H6/c1-23-11-4-2-10(3-5-11)19-14(22)8-24-16-20-13-7-9(17)6-12(18)15(13)21-16;1-2/h2-7H,8H2,1H3,(H,19,22)(H,20,21);1-2H3. The Hall–Kier alpha value is -1.89. The minimum absolute atomic E-state index is 0.130. The number of amides is 1. The van der Waals surface area contributed by atoms with Gasteiger partial charge in [-0.15, -0.1) is 0 Å². The molecule has 0 saturated heterocycles. The Labute approximate surface area is 166 Å². The van der Waals surface area contributed by atoms with Gasteiger partial charge in [-0.05, 0) is 36.4 Å². The number of carbonyl (C=O) groups excluding carboxylic acids is 1. The molecule has 1 amide bonds. The van der Waals surface area contributed by atoms with Crippen molar-refractivity contribution in [3.8, 4) is 5.75 Å². The number of aromatic amines is 1. The van der Waals surface area contributed by atoms with E-state index >= 15 is 0 Å². The fourth-order valence-electron chi connectivity index (χ4n) is 2.09. The average molecular weight is 412 g/mol. The lowest BCUT2D eigenvalue weighted by molar-refractivity contribution is -0.113. The number of aromatic nitrogens is 2. The molecule has 0 aliphatic rings. The van der Waals surface area contributed by atoms with Crippen LogP contribution in [-0.4, -0.2) is 28.7 Å². The van der Waals surface area contributed by atoms with Crippen LogP contribution in [0.25, 0.3) is 11.0 Å². The van der Waals surface area contributed by atoms with Gasteiger partial charge in [0, 0.05) is 10.7 Å². The second-order valence-electron chi connectivity index (χ2n) is 4.89. The van der Waals surface area contributed by atoms with Crippen LogP contribution in [0, 0.1) is 0 Å². The summed E-state index contributed by atoms with van der Waals surface area (Å²) in [5.74, 6) is 0.826. The highest BCUT2D eigenvalue weighted by Gasteiger charge is 2.10. The molecule has 0 bridgehead atoms. The first-order valence-electron chi connectivity index (χ1n) is 7.96. The number of fused-ring (bicyclic) bond motifs is 1. The van der Waals surface area contributed by atoms with E-state index in [0.29, 0.717) is 26.4 Å². The van der Waals surface area contributed by atoms with E-state index in [1.54, 1.807) is 43.5 Å². The summed E-state index contributed by atoms with van der Waals surface area (Å²) < 4.78 is 5.08. The molecule has 1 aromatic heterocycles. The summed E-state index contributed by atoms with van der Waals surface area (Å²) in [6, 6.07) is 10.5. The van der Waals surface area contributed by atoms with Crippen molar-refractivity contribution >= 4 is 57.6 Å². The lowest BCUT2D eigenvalue weighted by atomic mass is 10.3. The predicted octanol–water partition coefficient (Wildman–Crippen LogP) is 5.64. The molecule has 3 aromatic rings. The number of imidazole rings is 1. The largest absolute Gasteiger partial charge is 0.497 e. The minimum Gasteiger partial charge on any atom is -0.497 e. The zero-order chi connectivity index (χ0) is 19.1. The zero-order valence-corrected chi connectivity index (χ0v) is 16.9. The Balaban J connectivity index is 0.00000117. The van der Waals surface area contributed by atoms with Crippen molar-refractivity contribution in [1.29, 1.82) is 0 Å². The minimum atomic E-state index is -0.130. The number of ether oxygens (including phenoxy) is 1. The Bertz CT molecular complexity index is 882. The van der Waals surface area contributed by atoms with Crippen LogP contribution < -0.4 is 10.1 Å². The second kappa shape index (κ2) is 9.71. The SMILES string of the molecule is CC.COc1ccc(NC(=O)CSc2nc3c(Cl)cc(Cl)cc3[nH]2)cc1. The molecule has 0 aliphatic heterocycles. The first-order chi connectivity index (χ1) is 12.5. The van der Waals surface area contributed by atoms with Crippen molar-refractivity contribution < 1.29 is 9.53 Å². The Morgan fingerprint density at radius 1 is 1.23 bits per heavy atom. The van der Waals surface area contributed by atoms with Crippen LogP contribution in [0.2, 0.25) is 10.0 Å². The fourth-order valence-corrected chi connectivity index (χ4v) is 3.31. The molecule has 0 spiro atoms. The number of hydrogen-bond acceptors (Lipinski definition) is 4. The van der Waals surface area contributed by atoms with Gasteiger partial charge in [0.1, 0.15) is 11.3 Å². The van der Waals surface area contributed by atoms with E-state index in [1.165, 1.54) is 11.8 Å². The topological polar surface area (TPSA) is 67.0 Å². The number of rotatable bonds is 5. The fraction of sp³-hybridized carbons (Fsp3) is 0.222. The number of halogens is 2. The number of thioether (sulfide) groups is 1. The van der Waals surface area contributed by atoms with Crippen LogP contribution in [0.1, 0.15) is 13.8 Å². The highest BCUT2D eigenvalue weighted by atomic mass is 35.5. The molecule has 2 N–H and O–H groups in total. The number of hydrogen-bond donors (Lipinski definition) is 2. The highest BCUT2D eigenvalue weighted by Crippen LogP contribution is 2.28. The van der Waals surface area contributed by atoms with Gasteiger partial charge in [-0.2, -0.15) is 0 Å². The molecule has 0 fully saturated rings. The molecule has 5 nitrogen and oxygen atoms in total. The molecule has 3 rings (SSSR count). The molecule has 0 atom stereocenters. The van der Waals surface area contributed by atoms with Crippen molar-refractivity contribution in [2.45, 2.75) is 19.0 Å². The van der Waals surface area contributed by atoms with Gasteiger partial charge in [-0.25, -0.2) is 4.98 Å². The highest BCUT2D eigenvalue weighted by molar-refractivity contribution is 7.99. The maximum atomic E-state index is 12.0. The van der Waals surface area contributed by atoms with Gasteiger partial charge >= 0.3 is 0 Å². The number of anilines is 1. The number of H-pyrrole nitrogens is 1. The third-order valence-electron chi connectivity index (χ3n) is 3.20. The molecule has 0 radical (unpaired) electrons. The smallest absolute Gasteiger partial charge is 0.234 e. The van der Waals surface area contributed by atoms with Crippen molar-refractivity contribution in [2.24, 2.45) is 0 Å². The lowest BCUT2D eigenvalue weighted by Crippen LogP contribution is -2.13. The third-order valence-corrected chi connectivity index (χ3v) is 4.58. The average Bonchev–Trinajstić information content (AvgIpc) is 3.06. The van der Waals surface area contributed by atoms with Gasteiger partial charge in [-0.3, -0.25) is 4.79 Å². The number of nitrogens with zero attached hydrogens (tertiary/aromatic N) is 1. The van der Waals surface area contributed by atoms with Crippen molar-refractivity contribution in [1.82, 2.24) is 9.97 Å². The first-order valence-corrected chi connectivity index (χ1v) is 9.71. The van der Waals surface area contributed by atoms with E-state index < -0.39 is 0 Å². The van der Waals surface area contributed by atoms with Crippen LogP contribution in [-0.2, 0) is 4.79 Å². The third kappa shape index (κ3) is 5.30. The van der Waals surface area contributed by atoms with Gasteiger partial charge in [-0.1, -0.05) is 48.8 Å². The predicted molar refractivity (Wildman–Crippen MR) is 110 cm³/mol. The van der Waals surface area contributed by atoms with Gasteiger partial charge in [0.05, 0.1) is 23.4 Å². The quantitative estimate of drug-likeness (QED) is 0.533. The lowest BCUT2D eigenvalue weighted by Gasteiger charge is -2.05. The first kappa shape index (κ1) is 20.4. The van der Waals surface area contributed by atoms with Gasteiger partial charge in [0.25, 0.3) is 0 Å². The zero-order valence-electron chi connectivity index (χ0n) is 14.6. The van der Waals surface area contributed by atoms with E-state index in [1.807, 2.05) is 13.8 Å². The van der Waals surface area contributed by atoms with E-state index in [4.69, 9.17) is 27.9 Å². The van der Waals surface area contributed by atoms with E-state index in [9.17, 15) is 4.79 Å². The van der Waals surface area contributed by atoms with Crippen LogP contribution in [0.4, 0.5) is 5.69 Å². The maximum Gasteiger partial charge on any atom is 0.234 e. The summed E-state index contributed by atoms with van der Waals surface area (Å²) in [5.41, 5.74) is 2.09. The Morgan fingerprint density at radius 3 is 2.58 bits per heavy atom. The van der Waals surface area contributed by atoms with Gasteiger partial charge in [0.2, 0.25) is 5.91 Å². The summed E-state index contributed by atoms with van der Waals surface area (Å²) in [6.45, 7) is 4.00. The number of carbonyl (C=O) groups is 1. The molecule has 0 saturated carbocycles. The Kier molecular flexibility index (Phi) is 7.63. The normalized spacial score (nSPS) is 10.2. The maximum absolute atomic E-state index is 12.0. The van der Waals surface area contributed by atoms with E-state index in [2.05, 4.69) is 15.3 Å². The van der Waals surface area contributed by atoms with Crippen LogP contribution >= 0.6 is 35.0 Å². The summed E-state index contributed by atoms with van der Waals surface area (Å²) in [5, 5.41) is 4.43. The summed E-state index contributed by atoms with van der Waals surface area (Å²) in [6.07, 6.45) is 0. The number of benzene rings is 2. The molecule has 8 heteroatoms. The summed E-state index contributed by atoms with van der Waals surface area (Å²) >= 11 is 13.4. The molecule has 0 unspecified atom stereocenters. The van der Waals surface area contributed by atoms with E-state index in [-0.39, 0.29) is 11.7 Å². The Morgan fingerprint density at radius 2 is 1.92 bits per heavy atom. The van der Waals surface area contributed by atoms with Crippen molar-refractivity contribution in [3.05, 3.63) is 46.4 Å². The molecule has 138 valence electrons.